The van der Waals surface area contributed by atoms with E-state index in [0.717, 1.165) is 0 Å². The van der Waals surface area contributed by atoms with Crippen LogP contribution < -0.4 is 10.5 Å². The van der Waals surface area contributed by atoms with Gasteiger partial charge in [-0.05, 0) is 6.07 Å². The summed E-state index contributed by atoms with van der Waals surface area (Å²) < 4.78 is 40.6. The topological polar surface area (TPSA) is 76.8 Å². The van der Waals surface area contributed by atoms with Crippen LogP contribution in [0.3, 0.4) is 0 Å². The Hall–Kier alpha value is -2.09. The fourth-order valence-electron chi connectivity index (χ4n) is 1.47. The highest BCUT2D eigenvalue weighted by Gasteiger charge is 2.32. The number of nitrogens with zero attached hydrogens (tertiary/aromatic N) is 2. The van der Waals surface area contributed by atoms with Crippen LogP contribution in [0.15, 0.2) is 30.6 Å². The molecule has 0 amide bonds. The minimum atomic E-state index is -4.77. The van der Waals surface area contributed by atoms with Crippen molar-refractivity contribution in [3.8, 4) is 5.75 Å². The molecule has 0 bridgehead atoms. The van der Waals surface area contributed by atoms with Crippen molar-refractivity contribution in [2.45, 2.75) is 12.4 Å². The lowest BCUT2D eigenvalue weighted by molar-refractivity contribution is -0.274. The average Bonchev–Trinajstić information content (AvgIpc) is 2.80. The predicted octanol–water partition coefficient (Wildman–Crippen LogP) is 1.75. The van der Waals surface area contributed by atoms with Gasteiger partial charge in [0.15, 0.2) is 0 Å². The number of aromatic amines is 1. The zero-order chi connectivity index (χ0) is 13.2. The molecule has 0 fully saturated rings. The highest BCUT2D eigenvalue weighted by molar-refractivity contribution is 5.38. The molecule has 0 aliphatic carbocycles. The minimum absolute atomic E-state index is 0.173. The van der Waals surface area contributed by atoms with Crippen LogP contribution in [0.2, 0.25) is 0 Å². The molecule has 2 aromatic rings. The number of H-pyrrole nitrogens is 1. The fraction of sp³-hybridized carbons (Fsp3) is 0.200. The number of nitrogens with two attached hydrogens (primary N) is 1. The monoisotopic (exact) mass is 258 g/mol. The van der Waals surface area contributed by atoms with Crippen LogP contribution in [-0.2, 0) is 0 Å². The van der Waals surface area contributed by atoms with Crippen LogP contribution in [0.5, 0.6) is 5.75 Å². The number of nitrogens with one attached hydrogen (secondary N) is 1. The van der Waals surface area contributed by atoms with E-state index in [1.54, 1.807) is 6.07 Å². The number of alkyl halides is 3. The molecule has 96 valence electrons. The second-order valence-electron chi connectivity index (χ2n) is 3.43. The molecule has 0 aliphatic heterocycles. The molecule has 0 saturated heterocycles. The van der Waals surface area contributed by atoms with Gasteiger partial charge in [-0.1, -0.05) is 18.2 Å². The Kier molecular flexibility index (Phi) is 3.19. The lowest BCUT2D eigenvalue weighted by Crippen LogP contribution is -2.21. The van der Waals surface area contributed by atoms with Crippen LogP contribution >= 0.6 is 0 Å². The van der Waals surface area contributed by atoms with Crippen molar-refractivity contribution >= 4 is 0 Å². The zero-order valence-corrected chi connectivity index (χ0v) is 8.98. The van der Waals surface area contributed by atoms with E-state index in [2.05, 4.69) is 19.9 Å². The van der Waals surface area contributed by atoms with E-state index in [1.165, 1.54) is 24.5 Å². The molecule has 0 spiro atoms. The van der Waals surface area contributed by atoms with Crippen molar-refractivity contribution in [2.75, 3.05) is 0 Å². The van der Waals surface area contributed by atoms with E-state index in [4.69, 9.17) is 5.73 Å². The van der Waals surface area contributed by atoms with Crippen LogP contribution in [0.25, 0.3) is 0 Å². The molecule has 1 atom stereocenters. The Morgan fingerprint density at radius 1 is 1.28 bits per heavy atom. The van der Waals surface area contributed by atoms with E-state index in [0.29, 0.717) is 0 Å². The molecule has 1 unspecified atom stereocenters. The van der Waals surface area contributed by atoms with E-state index < -0.39 is 12.4 Å². The van der Waals surface area contributed by atoms with Gasteiger partial charge in [-0.25, -0.2) is 4.98 Å². The van der Waals surface area contributed by atoms with Crippen LogP contribution in [0.1, 0.15) is 17.4 Å². The predicted molar refractivity (Wildman–Crippen MR) is 55.5 cm³/mol. The molecular formula is C10H9F3N4O. The van der Waals surface area contributed by atoms with Crippen molar-refractivity contribution in [2.24, 2.45) is 5.73 Å². The van der Waals surface area contributed by atoms with Crippen LogP contribution in [0, 0.1) is 0 Å². The van der Waals surface area contributed by atoms with Gasteiger partial charge in [0.05, 0.1) is 6.04 Å². The van der Waals surface area contributed by atoms with E-state index in [-0.39, 0.29) is 17.1 Å². The molecule has 18 heavy (non-hydrogen) atoms. The van der Waals surface area contributed by atoms with Crippen molar-refractivity contribution in [1.82, 2.24) is 15.2 Å². The molecule has 8 heteroatoms. The number of halogens is 3. The number of hydrogen-bond acceptors (Lipinski definition) is 4. The maximum Gasteiger partial charge on any atom is 0.573 e. The molecule has 0 aliphatic rings. The van der Waals surface area contributed by atoms with Gasteiger partial charge in [-0.3, -0.25) is 5.10 Å². The first kappa shape index (κ1) is 12.4. The Bertz CT molecular complexity index is 512. The van der Waals surface area contributed by atoms with Crippen molar-refractivity contribution in [1.29, 1.82) is 0 Å². The van der Waals surface area contributed by atoms with Gasteiger partial charge in [-0.2, -0.15) is 5.10 Å². The molecule has 0 saturated carbocycles. The largest absolute Gasteiger partial charge is 0.573 e. The summed E-state index contributed by atoms with van der Waals surface area (Å²) in [4.78, 5) is 3.80. The lowest BCUT2D eigenvalue weighted by Gasteiger charge is -2.16. The van der Waals surface area contributed by atoms with Crippen molar-refractivity contribution in [3.05, 3.63) is 42.0 Å². The zero-order valence-electron chi connectivity index (χ0n) is 8.98. The highest BCUT2D eigenvalue weighted by Crippen LogP contribution is 2.30. The third-order valence-electron chi connectivity index (χ3n) is 2.21. The molecule has 5 nitrogen and oxygen atoms in total. The Morgan fingerprint density at radius 2 is 2.00 bits per heavy atom. The minimum Gasteiger partial charge on any atom is -0.405 e. The number of aromatic nitrogens is 3. The molecule has 2 rings (SSSR count). The lowest BCUT2D eigenvalue weighted by atomic mass is 10.1. The maximum absolute atomic E-state index is 12.2. The Labute approximate surface area is 99.8 Å². The first-order valence-electron chi connectivity index (χ1n) is 4.93. The van der Waals surface area contributed by atoms with Gasteiger partial charge in [0, 0.05) is 5.56 Å². The standard InChI is InChI=1S/C10H9F3N4O/c11-10(12,13)18-7-4-2-1-3-6(7)8(14)9-15-5-16-17-9/h1-5,8H,14H2,(H,15,16,17). The number of para-hydroxylation sites is 1. The number of hydrogen-bond donors (Lipinski definition) is 2. The molecule has 0 radical (unpaired) electrons. The Balaban J connectivity index is 2.33. The third-order valence-corrected chi connectivity index (χ3v) is 2.21. The molecule has 1 heterocycles. The van der Waals surface area contributed by atoms with Gasteiger partial charge in [0.1, 0.15) is 17.9 Å². The molecule has 3 N–H and O–H groups in total. The molecular weight excluding hydrogens is 249 g/mol. The van der Waals surface area contributed by atoms with Crippen LogP contribution in [0.4, 0.5) is 13.2 Å². The van der Waals surface area contributed by atoms with Crippen molar-refractivity contribution < 1.29 is 17.9 Å². The van der Waals surface area contributed by atoms with Gasteiger partial charge in [0.25, 0.3) is 0 Å². The quantitative estimate of drug-likeness (QED) is 0.879. The third kappa shape index (κ3) is 2.77. The summed E-state index contributed by atoms with van der Waals surface area (Å²) in [6.07, 6.45) is -3.54. The normalized spacial score (nSPS) is 13.3. The molecule has 1 aromatic heterocycles. The van der Waals surface area contributed by atoms with Gasteiger partial charge < -0.3 is 10.5 Å². The maximum atomic E-state index is 12.2. The van der Waals surface area contributed by atoms with Gasteiger partial charge >= 0.3 is 6.36 Å². The van der Waals surface area contributed by atoms with E-state index in [9.17, 15) is 13.2 Å². The summed E-state index contributed by atoms with van der Waals surface area (Å²) in [5, 5.41) is 6.10. The van der Waals surface area contributed by atoms with E-state index in [1.807, 2.05) is 0 Å². The first-order valence-corrected chi connectivity index (χ1v) is 4.93. The summed E-state index contributed by atoms with van der Waals surface area (Å²) in [7, 11) is 0. The van der Waals surface area contributed by atoms with E-state index >= 15 is 0 Å². The molecule has 1 aromatic carbocycles. The SMILES string of the molecule is NC(c1ncn[nH]1)c1ccccc1OC(F)(F)F. The summed E-state index contributed by atoms with van der Waals surface area (Å²) in [6.45, 7) is 0. The first-order chi connectivity index (χ1) is 8.47. The Morgan fingerprint density at radius 3 is 2.61 bits per heavy atom. The van der Waals surface area contributed by atoms with Gasteiger partial charge in [0.2, 0.25) is 0 Å². The number of ether oxygens (including phenoxy) is 1. The second kappa shape index (κ2) is 4.65. The van der Waals surface area contributed by atoms with Crippen molar-refractivity contribution in [3.63, 3.8) is 0 Å². The average molecular weight is 258 g/mol. The summed E-state index contributed by atoms with van der Waals surface area (Å²) >= 11 is 0. The van der Waals surface area contributed by atoms with Gasteiger partial charge in [-0.15, -0.1) is 13.2 Å². The summed E-state index contributed by atoms with van der Waals surface area (Å²) in [5.74, 6) is -0.0953. The number of rotatable bonds is 3. The van der Waals surface area contributed by atoms with Crippen LogP contribution in [-0.4, -0.2) is 21.5 Å². The summed E-state index contributed by atoms with van der Waals surface area (Å²) in [5.41, 5.74) is 5.97. The smallest absolute Gasteiger partial charge is 0.405 e. The summed E-state index contributed by atoms with van der Waals surface area (Å²) in [6, 6.07) is 4.76. The second-order valence-corrected chi connectivity index (χ2v) is 3.43. The number of benzene rings is 1. The highest BCUT2D eigenvalue weighted by atomic mass is 19.4. The fourth-order valence-corrected chi connectivity index (χ4v) is 1.47.